The van der Waals surface area contributed by atoms with Gasteiger partial charge in [-0.2, -0.15) is 0 Å². The zero-order valence-corrected chi connectivity index (χ0v) is 20.5. The summed E-state index contributed by atoms with van der Waals surface area (Å²) in [5, 5.41) is 2.92. The lowest BCUT2D eigenvalue weighted by Gasteiger charge is -2.30. The molecule has 3 aromatic rings. The van der Waals surface area contributed by atoms with Crippen LogP contribution in [-0.2, 0) is 16.0 Å². The van der Waals surface area contributed by atoms with E-state index in [1.807, 2.05) is 74.5 Å². The molecule has 0 spiro atoms. The summed E-state index contributed by atoms with van der Waals surface area (Å²) in [6.45, 7) is 5.26. The average molecular weight is 487 g/mol. The molecule has 0 radical (unpaired) electrons. The number of carbonyl (C=O) groups excluding carboxylic acids is 2. The summed E-state index contributed by atoms with van der Waals surface area (Å²) in [4.78, 5) is 27.5. The first-order valence-corrected chi connectivity index (χ1v) is 12.1. The van der Waals surface area contributed by atoms with E-state index >= 15 is 0 Å². The third-order valence-electron chi connectivity index (χ3n) is 5.57. The monoisotopic (exact) mass is 486 g/mol. The number of benzene rings is 3. The van der Waals surface area contributed by atoms with E-state index < -0.39 is 0 Å². The second-order valence-corrected chi connectivity index (χ2v) is 8.13. The van der Waals surface area contributed by atoms with Gasteiger partial charge in [-0.1, -0.05) is 48.5 Å². The van der Waals surface area contributed by atoms with Gasteiger partial charge in [0.1, 0.15) is 6.54 Å². The van der Waals surface area contributed by atoms with E-state index in [0.717, 1.165) is 11.1 Å². The van der Waals surface area contributed by atoms with E-state index in [1.54, 1.807) is 18.2 Å². The van der Waals surface area contributed by atoms with Crippen LogP contribution in [0.1, 0.15) is 25.0 Å². The summed E-state index contributed by atoms with van der Waals surface area (Å²) in [5.74, 6) is 1.48. The van der Waals surface area contributed by atoms with E-state index in [9.17, 15) is 9.59 Å². The maximum absolute atomic E-state index is 13.2. The first-order chi connectivity index (χ1) is 17.6. The van der Waals surface area contributed by atoms with Gasteiger partial charge in [0.25, 0.3) is 5.91 Å². The molecule has 4 rings (SSSR count). The van der Waals surface area contributed by atoms with Crippen molar-refractivity contribution in [2.24, 2.45) is 0 Å². The molecule has 0 fully saturated rings. The topological polar surface area (TPSA) is 77.1 Å². The number of rotatable bonds is 10. The highest BCUT2D eigenvalue weighted by Crippen LogP contribution is 2.35. The summed E-state index contributed by atoms with van der Waals surface area (Å²) in [6, 6.07) is 22.4. The van der Waals surface area contributed by atoms with E-state index in [2.05, 4.69) is 5.32 Å². The molecule has 36 heavy (non-hydrogen) atoms. The Morgan fingerprint density at radius 2 is 1.67 bits per heavy atom. The standard InChI is InChI=1S/C29H30N2O5/c1-3-34-25-15-14-22(18-26(25)35-4-2)16-17-30-28(32)20-31-23-12-8-9-13-24(23)36-27(29(31)33)19-21-10-6-5-7-11-21/h5-15,18-19H,3-4,16-17,20H2,1-2H3,(H,30,32)/b27-19+. The summed E-state index contributed by atoms with van der Waals surface area (Å²) >= 11 is 0. The summed E-state index contributed by atoms with van der Waals surface area (Å²) in [5.41, 5.74) is 2.42. The highest BCUT2D eigenvalue weighted by molar-refractivity contribution is 6.12. The van der Waals surface area contributed by atoms with E-state index in [-0.39, 0.29) is 24.1 Å². The number of anilines is 1. The van der Waals surface area contributed by atoms with Gasteiger partial charge in [-0.25, -0.2) is 0 Å². The number of para-hydroxylation sites is 2. The maximum atomic E-state index is 13.2. The minimum Gasteiger partial charge on any atom is -0.490 e. The van der Waals surface area contributed by atoms with Crippen LogP contribution in [0.25, 0.3) is 6.08 Å². The van der Waals surface area contributed by atoms with Gasteiger partial charge in [0.05, 0.1) is 18.9 Å². The fourth-order valence-electron chi connectivity index (χ4n) is 3.92. The van der Waals surface area contributed by atoms with E-state index in [0.29, 0.717) is 49.1 Å². The van der Waals surface area contributed by atoms with Crippen molar-refractivity contribution in [3.8, 4) is 17.2 Å². The van der Waals surface area contributed by atoms with Crippen LogP contribution in [0.4, 0.5) is 5.69 Å². The summed E-state index contributed by atoms with van der Waals surface area (Å²) in [6.07, 6.45) is 2.30. The smallest absolute Gasteiger partial charge is 0.294 e. The molecule has 0 saturated carbocycles. The molecule has 0 saturated heterocycles. The molecule has 1 aliphatic rings. The van der Waals surface area contributed by atoms with E-state index in [1.165, 1.54) is 4.90 Å². The number of carbonyl (C=O) groups is 2. The van der Waals surface area contributed by atoms with Crippen LogP contribution in [0.3, 0.4) is 0 Å². The van der Waals surface area contributed by atoms with Crippen molar-refractivity contribution in [2.75, 3.05) is 31.2 Å². The van der Waals surface area contributed by atoms with Crippen LogP contribution >= 0.6 is 0 Å². The van der Waals surface area contributed by atoms with Crippen LogP contribution in [0, 0.1) is 0 Å². The quantitative estimate of drug-likeness (QED) is 0.424. The number of nitrogens with zero attached hydrogens (tertiary/aromatic N) is 1. The van der Waals surface area contributed by atoms with Crippen molar-refractivity contribution in [3.63, 3.8) is 0 Å². The second kappa shape index (κ2) is 11.9. The summed E-state index contributed by atoms with van der Waals surface area (Å²) in [7, 11) is 0. The van der Waals surface area contributed by atoms with Gasteiger partial charge in [-0.05, 0) is 61.7 Å². The number of amides is 2. The Bertz CT molecular complexity index is 1240. The fourth-order valence-corrected chi connectivity index (χ4v) is 3.92. The molecule has 1 aliphatic heterocycles. The van der Waals surface area contributed by atoms with Crippen LogP contribution in [0.2, 0.25) is 0 Å². The highest BCUT2D eigenvalue weighted by atomic mass is 16.5. The number of nitrogens with one attached hydrogen (secondary N) is 1. The zero-order chi connectivity index (χ0) is 25.3. The minimum atomic E-state index is -0.361. The van der Waals surface area contributed by atoms with Crippen LogP contribution < -0.4 is 24.4 Å². The number of fused-ring (bicyclic) bond motifs is 1. The number of hydrogen-bond donors (Lipinski definition) is 1. The first-order valence-electron chi connectivity index (χ1n) is 12.1. The lowest BCUT2D eigenvalue weighted by molar-refractivity contribution is -0.123. The van der Waals surface area contributed by atoms with Crippen molar-refractivity contribution >= 4 is 23.6 Å². The highest BCUT2D eigenvalue weighted by Gasteiger charge is 2.31. The molecule has 0 aliphatic carbocycles. The molecule has 0 bridgehead atoms. The van der Waals surface area contributed by atoms with Crippen molar-refractivity contribution < 1.29 is 23.8 Å². The Morgan fingerprint density at radius 1 is 0.944 bits per heavy atom. The Hall–Kier alpha value is -4.26. The zero-order valence-electron chi connectivity index (χ0n) is 20.5. The van der Waals surface area contributed by atoms with Crippen molar-refractivity contribution in [3.05, 3.63) is 89.7 Å². The molecule has 186 valence electrons. The molecule has 7 nitrogen and oxygen atoms in total. The van der Waals surface area contributed by atoms with Crippen molar-refractivity contribution in [2.45, 2.75) is 20.3 Å². The first kappa shape index (κ1) is 24.9. The minimum absolute atomic E-state index is 0.112. The molecule has 0 atom stereocenters. The number of hydrogen-bond acceptors (Lipinski definition) is 5. The lowest BCUT2D eigenvalue weighted by atomic mass is 10.1. The Labute approximate surface area is 211 Å². The Morgan fingerprint density at radius 3 is 2.44 bits per heavy atom. The lowest BCUT2D eigenvalue weighted by Crippen LogP contribution is -2.44. The molecular weight excluding hydrogens is 456 g/mol. The number of ether oxygens (including phenoxy) is 3. The van der Waals surface area contributed by atoms with Gasteiger partial charge in [-0.15, -0.1) is 0 Å². The van der Waals surface area contributed by atoms with Crippen molar-refractivity contribution in [1.82, 2.24) is 5.32 Å². The largest absolute Gasteiger partial charge is 0.490 e. The predicted molar refractivity (Wildman–Crippen MR) is 139 cm³/mol. The van der Waals surface area contributed by atoms with Gasteiger partial charge in [0, 0.05) is 6.54 Å². The second-order valence-electron chi connectivity index (χ2n) is 8.13. The van der Waals surface area contributed by atoms with Gasteiger partial charge in [0.2, 0.25) is 5.91 Å². The molecule has 7 heteroatoms. The molecule has 0 unspecified atom stereocenters. The molecule has 1 N–H and O–H groups in total. The van der Waals surface area contributed by atoms with Gasteiger partial charge in [-0.3, -0.25) is 14.5 Å². The predicted octanol–water partition coefficient (Wildman–Crippen LogP) is 4.61. The van der Waals surface area contributed by atoms with Crippen LogP contribution in [0.5, 0.6) is 17.2 Å². The van der Waals surface area contributed by atoms with Crippen LogP contribution in [0.15, 0.2) is 78.6 Å². The average Bonchev–Trinajstić information content (AvgIpc) is 2.89. The van der Waals surface area contributed by atoms with E-state index in [4.69, 9.17) is 14.2 Å². The molecule has 0 aromatic heterocycles. The molecule has 3 aromatic carbocycles. The third kappa shape index (κ3) is 6.05. The normalized spacial score (nSPS) is 13.7. The van der Waals surface area contributed by atoms with Gasteiger partial charge < -0.3 is 19.5 Å². The molecule has 1 heterocycles. The summed E-state index contributed by atoms with van der Waals surface area (Å²) < 4.78 is 17.2. The third-order valence-corrected chi connectivity index (χ3v) is 5.57. The molecule has 2 amide bonds. The molecular formula is C29H30N2O5. The maximum Gasteiger partial charge on any atom is 0.294 e. The Kier molecular flexibility index (Phi) is 8.24. The fraction of sp³-hybridized carbons (Fsp3) is 0.241. The van der Waals surface area contributed by atoms with Gasteiger partial charge in [0.15, 0.2) is 23.0 Å². The van der Waals surface area contributed by atoms with Crippen molar-refractivity contribution in [1.29, 1.82) is 0 Å². The Balaban J connectivity index is 1.42. The SMILES string of the molecule is CCOc1ccc(CCNC(=O)CN2C(=O)/C(=C\c3ccccc3)Oc3ccccc32)cc1OCC. The van der Waals surface area contributed by atoms with Gasteiger partial charge >= 0.3 is 0 Å². The van der Waals surface area contributed by atoms with Crippen LogP contribution in [-0.4, -0.2) is 38.1 Å².